The van der Waals surface area contributed by atoms with Crippen molar-refractivity contribution in [2.24, 2.45) is 0 Å². The summed E-state index contributed by atoms with van der Waals surface area (Å²) in [5.74, 6) is -0.0786. The Bertz CT molecular complexity index is 578. The number of amides is 1. The highest BCUT2D eigenvalue weighted by Crippen LogP contribution is 2.31. The minimum atomic E-state index is -0.0786. The van der Waals surface area contributed by atoms with Crippen molar-refractivity contribution in [3.05, 3.63) is 53.2 Å². The first-order valence-corrected chi connectivity index (χ1v) is 6.56. The van der Waals surface area contributed by atoms with Gasteiger partial charge in [0.15, 0.2) is 0 Å². The molecule has 1 saturated carbocycles. The highest BCUT2D eigenvalue weighted by Gasteiger charge is 2.34. The number of furan rings is 1. The molecule has 0 bridgehead atoms. The Morgan fingerprint density at radius 1 is 1.47 bits per heavy atom. The minimum absolute atomic E-state index is 0.0786. The number of carbonyl (C=O) groups is 1. The van der Waals surface area contributed by atoms with Gasteiger partial charge in [0, 0.05) is 25.0 Å². The summed E-state index contributed by atoms with van der Waals surface area (Å²) in [5, 5.41) is 0.154. The lowest BCUT2D eigenvalue weighted by Gasteiger charge is -2.21. The highest BCUT2D eigenvalue weighted by atomic mass is 35.5. The van der Waals surface area contributed by atoms with Crippen molar-refractivity contribution < 1.29 is 9.21 Å². The summed E-state index contributed by atoms with van der Waals surface area (Å²) in [4.78, 5) is 18.4. The Labute approximate surface area is 116 Å². The van der Waals surface area contributed by atoms with Crippen LogP contribution in [-0.4, -0.2) is 21.8 Å². The molecule has 1 aliphatic rings. The molecule has 2 aromatic rings. The monoisotopic (exact) mass is 276 g/mol. The summed E-state index contributed by atoms with van der Waals surface area (Å²) >= 11 is 5.88. The average Bonchev–Trinajstić information content (AvgIpc) is 3.18. The third kappa shape index (κ3) is 2.63. The van der Waals surface area contributed by atoms with Crippen LogP contribution in [0.1, 0.15) is 28.8 Å². The average molecular weight is 277 g/mol. The molecule has 3 rings (SSSR count). The van der Waals surface area contributed by atoms with Crippen LogP contribution in [0.3, 0.4) is 0 Å². The maximum absolute atomic E-state index is 12.5. The largest absolute Gasteiger partial charge is 0.452 e. The molecule has 98 valence electrons. The number of hydrogen-bond donors (Lipinski definition) is 0. The molecule has 0 saturated heterocycles. The third-order valence-electron chi connectivity index (χ3n) is 3.17. The Balaban J connectivity index is 1.82. The second kappa shape index (κ2) is 5.05. The van der Waals surface area contributed by atoms with Gasteiger partial charge in [-0.15, -0.1) is 0 Å². The van der Waals surface area contributed by atoms with E-state index >= 15 is 0 Å². The number of halogens is 1. The van der Waals surface area contributed by atoms with Crippen molar-refractivity contribution in [1.29, 1.82) is 0 Å². The van der Waals surface area contributed by atoms with Crippen LogP contribution < -0.4 is 0 Å². The first kappa shape index (κ1) is 12.2. The van der Waals surface area contributed by atoms with Gasteiger partial charge in [-0.1, -0.05) is 6.07 Å². The summed E-state index contributed by atoms with van der Waals surface area (Å²) in [6, 6.07) is 5.75. The first-order chi connectivity index (χ1) is 9.25. The summed E-state index contributed by atoms with van der Waals surface area (Å²) < 4.78 is 4.99. The van der Waals surface area contributed by atoms with Gasteiger partial charge in [-0.05, 0) is 42.1 Å². The molecule has 0 unspecified atom stereocenters. The third-order valence-corrected chi connectivity index (χ3v) is 3.47. The molecule has 2 heterocycles. The van der Waals surface area contributed by atoms with Crippen LogP contribution in [0.25, 0.3) is 0 Å². The van der Waals surface area contributed by atoms with Crippen molar-refractivity contribution in [2.45, 2.75) is 25.4 Å². The lowest BCUT2D eigenvalue weighted by atomic mass is 10.2. The van der Waals surface area contributed by atoms with E-state index in [4.69, 9.17) is 16.0 Å². The normalized spacial score (nSPS) is 14.4. The van der Waals surface area contributed by atoms with Crippen LogP contribution in [0.5, 0.6) is 0 Å². The van der Waals surface area contributed by atoms with E-state index in [2.05, 4.69) is 4.98 Å². The summed E-state index contributed by atoms with van der Waals surface area (Å²) in [6.45, 7) is 0.554. The van der Waals surface area contributed by atoms with Crippen molar-refractivity contribution in [1.82, 2.24) is 9.88 Å². The number of aromatic nitrogens is 1. The molecule has 0 atom stereocenters. The van der Waals surface area contributed by atoms with E-state index in [-0.39, 0.29) is 11.1 Å². The molecular weight excluding hydrogens is 264 g/mol. The van der Waals surface area contributed by atoms with Crippen LogP contribution in [0, 0.1) is 0 Å². The van der Waals surface area contributed by atoms with Gasteiger partial charge in [-0.25, -0.2) is 0 Å². The fourth-order valence-corrected chi connectivity index (χ4v) is 2.24. The summed E-state index contributed by atoms with van der Waals surface area (Å²) in [6.07, 6.45) is 7.02. The van der Waals surface area contributed by atoms with Crippen molar-refractivity contribution >= 4 is 17.5 Å². The quantitative estimate of drug-likeness (QED) is 0.862. The molecule has 19 heavy (non-hydrogen) atoms. The molecule has 0 spiro atoms. The van der Waals surface area contributed by atoms with E-state index in [0.29, 0.717) is 18.2 Å². The Morgan fingerprint density at radius 2 is 2.32 bits per heavy atom. The summed E-state index contributed by atoms with van der Waals surface area (Å²) in [5.41, 5.74) is 1.44. The molecule has 5 heteroatoms. The second-order valence-corrected chi connectivity index (χ2v) is 4.98. The first-order valence-electron chi connectivity index (χ1n) is 6.18. The van der Waals surface area contributed by atoms with E-state index in [1.165, 1.54) is 6.26 Å². The molecule has 1 aliphatic carbocycles. The Hall–Kier alpha value is -1.81. The van der Waals surface area contributed by atoms with E-state index in [1.807, 2.05) is 17.0 Å². The maximum atomic E-state index is 12.5. The maximum Gasteiger partial charge on any atom is 0.259 e. The topological polar surface area (TPSA) is 46.3 Å². The van der Waals surface area contributed by atoms with Crippen LogP contribution >= 0.6 is 11.6 Å². The molecule has 1 fully saturated rings. The van der Waals surface area contributed by atoms with E-state index in [9.17, 15) is 4.79 Å². The van der Waals surface area contributed by atoms with Crippen LogP contribution in [0.4, 0.5) is 0 Å². The van der Waals surface area contributed by atoms with Gasteiger partial charge in [0.2, 0.25) is 5.22 Å². The lowest BCUT2D eigenvalue weighted by Crippen LogP contribution is -2.32. The zero-order chi connectivity index (χ0) is 13.2. The zero-order valence-electron chi connectivity index (χ0n) is 10.3. The molecule has 1 amide bonds. The highest BCUT2D eigenvalue weighted by molar-refractivity contribution is 6.32. The molecule has 0 aliphatic heterocycles. The van der Waals surface area contributed by atoms with Gasteiger partial charge in [-0.2, -0.15) is 0 Å². The number of carbonyl (C=O) groups excluding carboxylic acids is 1. The Morgan fingerprint density at radius 3 is 2.89 bits per heavy atom. The molecule has 4 nitrogen and oxygen atoms in total. The van der Waals surface area contributed by atoms with Gasteiger partial charge in [-0.3, -0.25) is 9.78 Å². The predicted molar refractivity (Wildman–Crippen MR) is 70.9 cm³/mol. The van der Waals surface area contributed by atoms with E-state index in [0.717, 1.165) is 18.4 Å². The zero-order valence-corrected chi connectivity index (χ0v) is 11.0. The molecule has 0 N–H and O–H groups in total. The molecule has 2 aromatic heterocycles. The summed E-state index contributed by atoms with van der Waals surface area (Å²) in [7, 11) is 0. The molecule has 0 radical (unpaired) electrons. The van der Waals surface area contributed by atoms with Crippen LogP contribution in [0.15, 0.2) is 41.3 Å². The van der Waals surface area contributed by atoms with E-state index < -0.39 is 0 Å². The number of hydrogen-bond acceptors (Lipinski definition) is 3. The van der Waals surface area contributed by atoms with Crippen LogP contribution in [-0.2, 0) is 6.54 Å². The molecule has 0 aromatic carbocycles. The fourth-order valence-electron chi connectivity index (χ4n) is 2.04. The number of pyridine rings is 1. The van der Waals surface area contributed by atoms with Gasteiger partial charge in [0.05, 0.1) is 11.8 Å². The number of nitrogens with zero attached hydrogens (tertiary/aromatic N) is 2. The second-order valence-electron chi connectivity index (χ2n) is 4.63. The van der Waals surface area contributed by atoms with Gasteiger partial charge >= 0.3 is 0 Å². The fraction of sp³-hybridized carbons (Fsp3) is 0.286. The van der Waals surface area contributed by atoms with E-state index in [1.54, 1.807) is 18.5 Å². The van der Waals surface area contributed by atoms with Gasteiger partial charge in [0.25, 0.3) is 5.91 Å². The lowest BCUT2D eigenvalue weighted by molar-refractivity contribution is 0.0729. The smallest absolute Gasteiger partial charge is 0.259 e. The van der Waals surface area contributed by atoms with Crippen molar-refractivity contribution in [2.75, 3.05) is 0 Å². The van der Waals surface area contributed by atoms with Crippen molar-refractivity contribution in [3.8, 4) is 0 Å². The predicted octanol–water partition coefficient (Wildman–Crippen LogP) is 3.13. The SMILES string of the molecule is O=C(c1ccoc1Cl)N(Cc1cccnc1)C1CC1. The minimum Gasteiger partial charge on any atom is -0.452 e. The van der Waals surface area contributed by atoms with Crippen LogP contribution in [0.2, 0.25) is 5.22 Å². The van der Waals surface area contributed by atoms with Gasteiger partial charge < -0.3 is 9.32 Å². The standard InChI is InChI=1S/C14H13ClN2O2/c15-13-12(5-7-19-13)14(18)17(11-3-4-11)9-10-2-1-6-16-8-10/h1-2,5-8,11H,3-4,9H2. The van der Waals surface area contributed by atoms with Gasteiger partial charge in [0.1, 0.15) is 0 Å². The Kier molecular flexibility index (Phi) is 3.25. The molecular formula is C14H13ClN2O2. The number of rotatable bonds is 4. The van der Waals surface area contributed by atoms with Crippen molar-refractivity contribution in [3.63, 3.8) is 0 Å².